The number of fused-ring (bicyclic) bond motifs is 3. The van der Waals surface area contributed by atoms with Gasteiger partial charge in [-0.15, -0.1) is 0 Å². The Hall–Kier alpha value is -2.29. The highest BCUT2D eigenvalue weighted by atomic mass is 16.7. The molecule has 4 rings (SSSR count). The summed E-state index contributed by atoms with van der Waals surface area (Å²) in [5.74, 6) is 1.43. The number of benzene rings is 2. The van der Waals surface area contributed by atoms with Gasteiger partial charge in [-0.2, -0.15) is 0 Å². The SMILES string of the molecule is CC1(C(=O)OCOc2ccc3ccccc3c2)CC2C=CC1C2. The summed E-state index contributed by atoms with van der Waals surface area (Å²) in [5.41, 5.74) is -0.383. The van der Waals surface area contributed by atoms with Crippen molar-refractivity contribution in [3.05, 3.63) is 54.6 Å². The highest BCUT2D eigenvalue weighted by molar-refractivity contribution is 5.83. The molecular weight excluding hydrogens is 288 g/mol. The van der Waals surface area contributed by atoms with Crippen molar-refractivity contribution in [3.8, 4) is 5.75 Å². The predicted octanol–water partition coefficient (Wildman–Crippen LogP) is 4.32. The summed E-state index contributed by atoms with van der Waals surface area (Å²) in [6.45, 7) is 1.98. The summed E-state index contributed by atoms with van der Waals surface area (Å²) in [4.78, 5) is 12.4. The molecule has 1 saturated carbocycles. The summed E-state index contributed by atoms with van der Waals surface area (Å²) in [6, 6.07) is 14.0. The molecule has 0 saturated heterocycles. The molecule has 0 N–H and O–H groups in total. The van der Waals surface area contributed by atoms with Crippen LogP contribution in [0.3, 0.4) is 0 Å². The number of carbonyl (C=O) groups excluding carboxylic acids is 1. The van der Waals surface area contributed by atoms with Crippen LogP contribution in [0.1, 0.15) is 19.8 Å². The van der Waals surface area contributed by atoms with Crippen molar-refractivity contribution in [1.82, 2.24) is 0 Å². The molecule has 3 unspecified atom stereocenters. The summed E-state index contributed by atoms with van der Waals surface area (Å²) in [6.07, 6.45) is 6.37. The Morgan fingerprint density at radius 1 is 1.17 bits per heavy atom. The Morgan fingerprint density at radius 3 is 2.74 bits per heavy atom. The maximum Gasteiger partial charge on any atom is 0.315 e. The fourth-order valence-electron chi connectivity index (χ4n) is 3.90. The first-order chi connectivity index (χ1) is 11.1. The van der Waals surface area contributed by atoms with E-state index in [1.54, 1.807) is 0 Å². The fourth-order valence-corrected chi connectivity index (χ4v) is 3.90. The van der Waals surface area contributed by atoms with Crippen molar-refractivity contribution in [3.63, 3.8) is 0 Å². The Balaban J connectivity index is 1.37. The number of rotatable bonds is 4. The number of allylic oxidation sites excluding steroid dienone is 2. The van der Waals surface area contributed by atoms with Gasteiger partial charge in [0.05, 0.1) is 5.41 Å². The molecule has 2 aliphatic carbocycles. The minimum atomic E-state index is -0.383. The minimum Gasteiger partial charge on any atom is -0.457 e. The van der Waals surface area contributed by atoms with Crippen molar-refractivity contribution in [2.45, 2.75) is 19.8 Å². The molecule has 0 radical (unpaired) electrons. The van der Waals surface area contributed by atoms with E-state index in [9.17, 15) is 4.79 Å². The molecule has 0 spiro atoms. The van der Waals surface area contributed by atoms with Gasteiger partial charge in [-0.1, -0.05) is 42.5 Å². The first kappa shape index (κ1) is 14.3. The molecule has 3 heteroatoms. The summed E-state index contributed by atoms with van der Waals surface area (Å²) in [7, 11) is 0. The highest BCUT2D eigenvalue weighted by Crippen LogP contribution is 2.52. The highest BCUT2D eigenvalue weighted by Gasteiger charge is 2.51. The van der Waals surface area contributed by atoms with E-state index >= 15 is 0 Å². The number of ether oxygens (including phenoxy) is 2. The monoisotopic (exact) mass is 308 g/mol. The van der Waals surface area contributed by atoms with E-state index in [0.29, 0.717) is 11.8 Å². The number of hydrogen-bond donors (Lipinski definition) is 0. The van der Waals surface area contributed by atoms with Gasteiger partial charge < -0.3 is 9.47 Å². The van der Waals surface area contributed by atoms with Crippen LogP contribution in [0.4, 0.5) is 0 Å². The normalized spacial score (nSPS) is 28.2. The van der Waals surface area contributed by atoms with E-state index in [4.69, 9.17) is 9.47 Å². The van der Waals surface area contributed by atoms with E-state index in [1.165, 1.54) is 0 Å². The largest absolute Gasteiger partial charge is 0.457 e. The molecule has 0 amide bonds. The molecule has 2 bridgehead atoms. The average Bonchev–Trinajstić information content (AvgIpc) is 3.15. The van der Waals surface area contributed by atoms with Crippen LogP contribution in [0.5, 0.6) is 5.75 Å². The molecule has 118 valence electrons. The van der Waals surface area contributed by atoms with Gasteiger partial charge in [0.2, 0.25) is 6.79 Å². The van der Waals surface area contributed by atoms with Crippen molar-refractivity contribution in [2.75, 3.05) is 6.79 Å². The van der Waals surface area contributed by atoms with Crippen LogP contribution in [0.2, 0.25) is 0 Å². The second-order valence-electron chi connectivity index (χ2n) is 6.81. The van der Waals surface area contributed by atoms with Gasteiger partial charge >= 0.3 is 5.97 Å². The van der Waals surface area contributed by atoms with Crippen LogP contribution < -0.4 is 4.74 Å². The first-order valence-corrected chi connectivity index (χ1v) is 8.12. The molecule has 2 aliphatic rings. The standard InChI is InChI=1S/C20H20O3/c1-20(12-14-6-8-17(20)10-14)19(21)23-13-22-18-9-7-15-4-2-3-5-16(15)11-18/h2-9,11,14,17H,10,12-13H2,1H3. The van der Waals surface area contributed by atoms with Gasteiger partial charge in [-0.3, -0.25) is 4.79 Å². The molecule has 2 aromatic rings. The number of esters is 1. The summed E-state index contributed by atoms with van der Waals surface area (Å²) < 4.78 is 11.0. The zero-order valence-corrected chi connectivity index (χ0v) is 13.2. The van der Waals surface area contributed by atoms with Gasteiger partial charge in [0, 0.05) is 0 Å². The van der Waals surface area contributed by atoms with Crippen molar-refractivity contribution < 1.29 is 14.3 Å². The average molecular weight is 308 g/mol. The van der Waals surface area contributed by atoms with Gasteiger partial charge in [-0.25, -0.2) is 0 Å². The quantitative estimate of drug-likeness (QED) is 0.479. The molecule has 0 heterocycles. The molecule has 3 nitrogen and oxygen atoms in total. The van der Waals surface area contributed by atoms with Crippen LogP contribution in [-0.2, 0) is 9.53 Å². The first-order valence-electron chi connectivity index (χ1n) is 8.12. The molecule has 0 aromatic heterocycles. The zero-order valence-electron chi connectivity index (χ0n) is 13.2. The number of hydrogen-bond acceptors (Lipinski definition) is 3. The van der Waals surface area contributed by atoms with Crippen LogP contribution in [0, 0.1) is 17.3 Å². The van der Waals surface area contributed by atoms with Crippen molar-refractivity contribution >= 4 is 16.7 Å². The van der Waals surface area contributed by atoms with Crippen molar-refractivity contribution in [1.29, 1.82) is 0 Å². The summed E-state index contributed by atoms with van der Waals surface area (Å²) in [5, 5.41) is 2.28. The van der Waals surface area contributed by atoms with Crippen LogP contribution in [-0.4, -0.2) is 12.8 Å². The lowest BCUT2D eigenvalue weighted by molar-refractivity contribution is -0.163. The topological polar surface area (TPSA) is 35.5 Å². The van der Waals surface area contributed by atoms with Gasteiger partial charge in [0.25, 0.3) is 0 Å². The van der Waals surface area contributed by atoms with E-state index in [2.05, 4.69) is 18.2 Å². The van der Waals surface area contributed by atoms with Crippen molar-refractivity contribution in [2.24, 2.45) is 17.3 Å². The predicted molar refractivity (Wildman–Crippen MR) is 89.0 cm³/mol. The molecule has 23 heavy (non-hydrogen) atoms. The Labute approximate surface area is 135 Å². The lowest BCUT2D eigenvalue weighted by atomic mass is 9.78. The molecule has 1 fully saturated rings. The number of carbonyl (C=O) groups is 1. The third-order valence-electron chi connectivity index (χ3n) is 5.28. The zero-order chi connectivity index (χ0) is 15.9. The second-order valence-corrected chi connectivity index (χ2v) is 6.81. The van der Waals surface area contributed by atoms with Gasteiger partial charge in [-0.05, 0) is 54.5 Å². The molecule has 3 atom stereocenters. The smallest absolute Gasteiger partial charge is 0.315 e. The van der Waals surface area contributed by atoms with Crippen LogP contribution >= 0.6 is 0 Å². The second kappa shape index (κ2) is 5.41. The third kappa shape index (κ3) is 2.50. The van der Waals surface area contributed by atoms with E-state index in [0.717, 1.165) is 29.4 Å². The molecular formula is C20H20O3. The van der Waals surface area contributed by atoms with Gasteiger partial charge in [0.15, 0.2) is 0 Å². The molecule has 0 aliphatic heterocycles. The van der Waals surface area contributed by atoms with Crippen LogP contribution in [0.15, 0.2) is 54.6 Å². The maximum absolute atomic E-state index is 12.4. The van der Waals surface area contributed by atoms with Gasteiger partial charge in [0.1, 0.15) is 5.75 Å². The van der Waals surface area contributed by atoms with E-state index < -0.39 is 0 Å². The fraction of sp³-hybridized carbons (Fsp3) is 0.350. The summed E-state index contributed by atoms with van der Waals surface area (Å²) >= 11 is 0. The Kier molecular flexibility index (Phi) is 3.37. The maximum atomic E-state index is 12.4. The van der Waals surface area contributed by atoms with E-state index in [-0.39, 0.29) is 18.2 Å². The minimum absolute atomic E-state index is 0.0339. The third-order valence-corrected chi connectivity index (χ3v) is 5.28. The van der Waals surface area contributed by atoms with Crippen LogP contribution in [0.25, 0.3) is 10.8 Å². The Morgan fingerprint density at radius 2 is 2.00 bits per heavy atom. The Bertz CT molecular complexity index is 779. The van der Waals surface area contributed by atoms with E-state index in [1.807, 2.05) is 43.3 Å². The lowest BCUT2D eigenvalue weighted by Gasteiger charge is -2.28. The molecule has 2 aromatic carbocycles. The lowest BCUT2D eigenvalue weighted by Crippen LogP contribution is -2.34.